The van der Waals surface area contributed by atoms with Crippen LogP contribution in [0.2, 0.25) is 0 Å². The van der Waals surface area contributed by atoms with Gasteiger partial charge in [-0.3, -0.25) is 4.79 Å². The lowest BCUT2D eigenvalue weighted by Gasteiger charge is -2.08. The third kappa shape index (κ3) is 17.4. The number of carbonyl (C=O) groups excluding carboxylic acids is 1. The molecule has 1 rings (SSSR count). The molecule has 0 saturated heterocycles. The lowest BCUT2D eigenvalue weighted by molar-refractivity contribution is -0.120. The van der Waals surface area contributed by atoms with Gasteiger partial charge in [-0.05, 0) is 37.0 Å². The van der Waals surface area contributed by atoms with Gasteiger partial charge in [-0.25, -0.2) is 0 Å². The van der Waals surface area contributed by atoms with E-state index in [0.717, 1.165) is 36.3 Å². The predicted molar refractivity (Wildman–Crippen MR) is 126 cm³/mol. The molecule has 0 unspecified atom stereocenters. The Labute approximate surface area is 194 Å². The molecule has 2 N–H and O–H groups in total. The molecular formula is C22H37NO6S2. The Bertz CT molecular complexity index is 547. The van der Waals surface area contributed by atoms with Crippen LogP contribution >= 0.6 is 21.6 Å². The van der Waals surface area contributed by atoms with Crippen molar-refractivity contribution in [3.05, 3.63) is 29.8 Å². The number of hydrogen-bond acceptors (Lipinski definition) is 8. The van der Waals surface area contributed by atoms with Crippen molar-refractivity contribution < 1.29 is 28.8 Å². The molecule has 0 aromatic heterocycles. The molecule has 0 fully saturated rings. The molecule has 178 valence electrons. The van der Waals surface area contributed by atoms with Crippen LogP contribution in [0.5, 0.6) is 0 Å². The zero-order valence-electron chi connectivity index (χ0n) is 18.5. The number of nitrogens with one attached hydrogen (secondary N) is 1. The number of carbonyl (C=O) groups is 1. The summed E-state index contributed by atoms with van der Waals surface area (Å²) in [6.45, 7) is 6.92. The summed E-state index contributed by atoms with van der Waals surface area (Å²) in [6.07, 6.45) is 3.03. The van der Waals surface area contributed by atoms with Crippen LogP contribution in [0.25, 0.3) is 0 Å². The number of hydrogen-bond donors (Lipinski definition) is 2. The minimum atomic E-state index is -0.0148. The Hall–Kier alpha value is -0.810. The van der Waals surface area contributed by atoms with Crippen LogP contribution in [0.15, 0.2) is 29.2 Å². The van der Waals surface area contributed by atoms with Gasteiger partial charge < -0.3 is 29.4 Å². The van der Waals surface area contributed by atoms with Crippen LogP contribution in [0.4, 0.5) is 0 Å². The first kappa shape index (κ1) is 28.2. The first-order valence-corrected chi connectivity index (χ1v) is 13.1. The largest absolute Gasteiger partial charge is 0.396 e. The maximum absolute atomic E-state index is 12.0. The molecule has 31 heavy (non-hydrogen) atoms. The van der Waals surface area contributed by atoms with Crippen molar-refractivity contribution in [1.29, 1.82) is 0 Å². The van der Waals surface area contributed by atoms with Gasteiger partial charge in [0.1, 0.15) is 5.94 Å². The molecule has 0 heterocycles. The van der Waals surface area contributed by atoms with Gasteiger partial charge in [0.15, 0.2) is 0 Å². The summed E-state index contributed by atoms with van der Waals surface area (Å²) in [6, 6.07) is 7.98. The quantitative estimate of drug-likeness (QED) is 0.159. The molecule has 7 nitrogen and oxygen atoms in total. The summed E-state index contributed by atoms with van der Waals surface area (Å²) in [7, 11) is 3.28. The molecule has 0 saturated carbocycles. The van der Waals surface area contributed by atoms with E-state index in [2.05, 4.69) is 12.2 Å². The third-order valence-electron chi connectivity index (χ3n) is 3.93. The van der Waals surface area contributed by atoms with Crippen LogP contribution in [0.1, 0.15) is 31.7 Å². The number of ether oxygens (including phenoxy) is 4. The second-order valence-electron chi connectivity index (χ2n) is 6.67. The molecule has 0 aliphatic rings. The summed E-state index contributed by atoms with van der Waals surface area (Å²) >= 11 is 0. The smallest absolute Gasteiger partial charge is 0.224 e. The second-order valence-corrected chi connectivity index (χ2v) is 8.98. The lowest BCUT2D eigenvalue weighted by Crippen LogP contribution is -2.29. The zero-order chi connectivity index (χ0) is 22.4. The average molecular weight is 476 g/mol. The SMILES string of the molecule is CCCOCCOCCOCCNC(=O)Cc1ccc(SSCOCCCCO)cc1. The Morgan fingerprint density at radius 1 is 0.903 bits per heavy atom. The third-order valence-corrected chi connectivity index (χ3v) is 6.00. The highest BCUT2D eigenvalue weighted by Crippen LogP contribution is 2.31. The Morgan fingerprint density at radius 3 is 2.26 bits per heavy atom. The molecule has 1 aromatic rings. The fraction of sp³-hybridized carbons (Fsp3) is 0.682. The fourth-order valence-corrected chi connectivity index (χ4v) is 4.07. The zero-order valence-corrected chi connectivity index (χ0v) is 20.1. The lowest BCUT2D eigenvalue weighted by atomic mass is 10.1. The van der Waals surface area contributed by atoms with Crippen LogP contribution < -0.4 is 5.32 Å². The number of benzene rings is 1. The van der Waals surface area contributed by atoms with Crippen LogP contribution in [-0.4, -0.2) is 76.4 Å². The van der Waals surface area contributed by atoms with Gasteiger partial charge in [0, 0.05) is 31.3 Å². The fourth-order valence-electron chi connectivity index (χ4n) is 2.36. The minimum Gasteiger partial charge on any atom is -0.396 e. The van der Waals surface area contributed by atoms with Gasteiger partial charge in [0.05, 0.1) is 39.5 Å². The summed E-state index contributed by atoms with van der Waals surface area (Å²) in [5.74, 6) is 0.598. The molecule has 9 heteroatoms. The highest BCUT2D eigenvalue weighted by molar-refractivity contribution is 8.76. The highest BCUT2D eigenvalue weighted by Gasteiger charge is 2.04. The number of unbranched alkanes of at least 4 members (excludes halogenated alkanes) is 1. The monoisotopic (exact) mass is 475 g/mol. The highest BCUT2D eigenvalue weighted by atomic mass is 33.1. The summed E-state index contributed by atoms with van der Waals surface area (Å²) in [5.41, 5.74) is 0.978. The Morgan fingerprint density at radius 2 is 1.58 bits per heavy atom. The molecule has 0 aliphatic heterocycles. The molecular weight excluding hydrogens is 438 g/mol. The van der Waals surface area contributed by atoms with E-state index in [9.17, 15) is 4.79 Å². The predicted octanol–water partition coefficient (Wildman–Crippen LogP) is 3.29. The van der Waals surface area contributed by atoms with E-state index in [4.69, 9.17) is 24.1 Å². The summed E-state index contributed by atoms with van der Waals surface area (Å²) in [4.78, 5) is 13.2. The Kier molecular flexibility index (Phi) is 19.2. The van der Waals surface area contributed by atoms with Crippen molar-refractivity contribution in [1.82, 2.24) is 5.32 Å². The molecule has 1 amide bonds. The van der Waals surface area contributed by atoms with Crippen molar-refractivity contribution in [2.75, 3.05) is 65.3 Å². The van der Waals surface area contributed by atoms with E-state index in [1.165, 1.54) is 0 Å². The van der Waals surface area contributed by atoms with Crippen LogP contribution in [-0.2, 0) is 30.2 Å². The number of amides is 1. The van der Waals surface area contributed by atoms with Crippen molar-refractivity contribution in [3.8, 4) is 0 Å². The molecule has 0 spiro atoms. The van der Waals surface area contributed by atoms with Crippen LogP contribution in [0.3, 0.4) is 0 Å². The first-order valence-electron chi connectivity index (χ1n) is 10.8. The van der Waals surface area contributed by atoms with E-state index in [1.54, 1.807) is 21.6 Å². The van der Waals surface area contributed by atoms with E-state index in [1.807, 2.05) is 24.3 Å². The van der Waals surface area contributed by atoms with E-state index >= 15 is 0 Å². The standard InChI is InChI=1S/C22H37NO6S2/c1-2-11-26-14-16-28-17-15-27-13-9-23-22(25)18-20-5-7-21(8-6-20)31-30-19-29-12-4-3-10-24/h5-8,24H,2-4,9-19H2,1H3,(H,23,25). The van der Waals surface area contributed by atoms with E-state index < -0.39 is 0 Å². The maximum Gasteiger partial charge on any atom is 0.224 e. The maximum atomic E-state index is 12.0. The Balaban J connectivity index is 1.99. The van der Waals surface area contributed by atoms with E-state index in [0.29, 0.717) is 58.5 Å². The molecule has 0 bridgehead atoms. The van der Waals surface area contributed by atoms with Crippen molar-refractivity contribution in [2.24, 2.45) is 0 Å². The molecule has 0 aliphatic carbocycles. The average Bonchev–Trinajstić information content (AvgIpc) is 2.78. The van der Waals surface area contributed by atoms with Gasteiger partial charge in [-0.1, -0.05) is 40.6 Å². The van der Waals surface area contributed by atoms with Gasteiger partial charge in [0.25, 0.3) is 0 Å². The normalized spacial score (nSPS) is 11.0. The number of aliphatic hydroxyl groups excluding tert-OH is 1. The van der Waals surface area contributed by atoms with E-state index in [-0.39, 0.29) is 12.5 Å². The van der Waals surface area contributed by atoms with Gasteiger partial charge in [-0.15, -0.1) is 0 Å². The van der Waals surface area contributed by atoms with Gasteiger partial charge >= 0.3 is 0 Å². The van der Waals surface area contributed by atoms with Crippen molar-refractivity contribution in [3.63, 3.8) is 0 Å². The number of rotatable bonds is 21. The molecule has 0 radical (unpaired) electrons. The summed E-state index contributed by atoms with van der Waals surface area (Å²) < 4.78 is 21.6. The van der Waals surface area contributed by atoms with Gasteiger partial charge in [-0.2, -0.15) is 0 Å². The first-order chi connectivity index (χ1) is 15.3. The number of aliphatic hydroxyl groups is 1. The summed E-state index contributed by atoms with van der Waals surface area (Å²) in [5, 5.41) is 11.6. The molecule has 1 aromatic carbocycles. The van der Waals surface area contributed by atoms with Crippen LogP contribution in [0, 0.1) is 0 Å². The second kappa shape index (κ2) is 21.1. The van der Waals surface area contributed by atoms with Crippen molar-refractivity contribution in [2.45, 2.75) is 37.5 Å². The topological polar surface area (TPSA) is 86.2 Å². The van der Waals surface area contributed by atoms with Gasteiger partial charge in [0.2, 0.25) is 5.91 Å². The van der Waals surface area contributed by atoms with Crippen molar-refractivity contribution >= 4 is 27.5 Å². The minimum absolute atomic E-state index is 0.0148. The molecule has 0 atom stereocenters.